The van der Waals surface area contributed by atoms with Gasteiger partial charge in [-0.25, -0.2) is 0 Å². The van der Waals surface area contributed by atoms with E-state index in [1.165, 1.54) is 19.3 Å². The molecule has 1 amide bonds. The van der Waals surface area contributed by atoms with Crippen LogP contribution in [0.4, 0.5) is 0 Å². The SMILES string of the molecule is CC(NC(=O)C1CCCN1)C1CCC1. The van der Waals surface area contributed by atoms with E-state index in [1.807, 2.05) is 0 Å². The van der Waals surface area contributed by atoms with Gasteiger partial charge in [-0.3, -0.25) is 4.79 Å². The van der Waals surface area contributed by atoms with Crippen LogP contribution in [0.5, 0.6) is 0 Å². The van der Waals surface area contributed by atoms with Gasteiger partial charge in [-0.05, 0) is 45.1 Å². The second-order valence-electron chi connectivity index (χ2n) is 4.64. The van der Waals surface area contributed by atoms with Crippen LogP contribution in [0.1, 0.15) is 39.0 Å². The fraction of sp³-hybridized carbons (Fsp3) is 0.909. The fourth-order valence-corrected chi connectivity index (χ4v) is 2.29. The maximum Gasteiger partial charge on any atom is 0.237 e. The van der Waals surface area contributed by atoms with E-state index in [0.29, 0.717) is 6.04 Å². The predicted molar refractivity (Wildman–Crippen MR) is 56.0 cm³/mol. The average molecular weight is 196 g/mol. The molecule has 0 aromatic rings. The summed E-state index contributed by atoms with van der Waals surface area (Å²) < 4.78 is 0. The molecular formula is C11H20N2O. The molecule has 0 spiro atoms. The zero-order valence-corrected chi connectivity index (χ0v) is 8.88. The van der Waals surface area contributed by atoms with Gasteiger partial charge in [-0.1, -0.05) is 6.42 Å². The van der Waals surface area contributed by atoms with Crippen LogP contribution in [0.2, 0.25) is 0 Å². The molecule has 3 heteroatoms. The van der Waals surface area contributed by atoms with E-state index in [9.17, 15) is 4.79 Å². The van der Waals surface area contributed by atoms with Gasteiger partial charge in [0.25, 0.3) is 0 Å². The molecule has 0 aromatic heterocycles. The van der Waals surface area contributed by atoms with Gasteiger partial charge >= 0.3 is 0 Å². The maximum absolute atomic E-state index is 11.7. The van der Waals surface area contributed by atoms with E-state index in [4.69, 9.17) is 0 Å². The second-order valence-corrected chi connectivity index (χ2v) is 4.64. The molecule has 1 heterocycles. The summed E-state index contributed by atoms with van der Waals surface area (Å²) in [5.41, 5.74) is 0. The van der Waals surface area contributed by atoms with E-state index in [1.54, 1.807) is 0 Å². The van der Waals surface area contributed by atoms with Gasteiger partial charge in [0, 0.05) is 6.04 Å². The first-order chi connectivity index (χ1) is 6.77. The first kappa shape index (κ1) is 9.97. The van der Waals surface area contributed by atoms with Crippen molar-refractivity contribution in [3.63, 3.8) is 0 Å². The van der Waals surface area contributed by atoms with Crippen molar-refractivity contribution in [2.75, 3.05) is 6.54 Å². The zero-order chi connectivity index (χ0) is 9.97. The van der Waals surface area contributed by atoms with Crippen molar-refractivity contribution >= 4 is 5.91 Å². The molecule has 0 radical (unpaired) electrons. The molecule has 2 N–H and O–H groups in total. The zero-order valence-electron chi connectivity index (χ0n) is 8.88. The van der Waals surface area contributed by atoms with Crippen molar-refractivity contribution in [1.29, 1.82) is 0 Å². The van der Waals surface area contributed by atoms with Crippen LogP contribution in [0.3, 0.4) is 0 Å². The van der Waals surface area contributed by atoms with Gasteiger partial charge in [0.05, 0.1) is 6.04 Å². The Hall–Kier alpha value is -0.570. The summed E-state index contributed by atoms with van der Waals surface area (Å²) in [6.07, 6.45) is 6.06. The molecule has 0 aromatic carbocycles. The standard InChI is InChI=1S/C11H20N2O/c1-8(9-4-2-5-9)13-11(14)10-6-3-7-12-10/h8-10,12H,2-7H2,1H3,(H,13,14). The third kappa shape index (κ3) is 2.08. The molecule has 1 aliphatic carbocycles. The largest absolute Gasteiger partial charge is 0.352 e. The van der Waals surface area contributed by atoms with Gasteiger partial charge < -0.3 is 10.6 Å². The van der Waals surface area contributed by atoms with Crippen molar-refractivity contribution < 1.29 is 4.79 Å². The Morgan fingerprint density at radius 3 is 2.64 bits per heavy atom. The highest BCUT2D eigenvalue weighted by Crippen LogP contribution is 2.29. The molecule has 0 bridgehead atoms. The Kier molecular flexibility index (Phi) is 3.06. The highest BCUT2D eigenvalue weighted by molar-refractivity contribution is 5.82. The molecule has 2 fully saturated rings. The first-order valence-corrected chi connectivity index (χ1v) is 5.81. The number of hydrogen-bond acceptors (Lipinski definition) is 2. The number of carbonyl (C=O) groups is 1. The molecule has 80 valence electrons. The lowest BCUT2D eigenvalue weighted by molar-refractivity contribution is -0.123. The molecule has 2 atom stereocenters. The highest BCUT2D eigenvalue weighted by Gasteiger charge is 2.28. The monoisotopic (exact) mass is 196 g/mol. The minimum absolute atomic E-state index is 0.0810. The van der Waals surface area contributed by atoms with Gasteiger partial charge in [0.2, 0.25) is 5.91 Å². The van der Waals surface area contributed by atoms with Crippen molar-refractivity contribution in [2.24, 2.45) is 5.92 Å². The Morgan fingerprint density at radius 1 is 1.36 bits per heavy atom. The van der Waals surface area contributed by atoms with E-state index < -0.39 is 0 Å². The summed E-state index contributed by atoms with van der Waals surface area (Å²) in [5.74, 6) is 0.947. The second kappa shape index (κ2) is 4.30. The minimum Gasteiger partial charge on any atom is -0.352 e. The molecule has 2 aliphatic rings. The third-order valence-corrected chi connectivity index (χ3v) is 3.60. The van der Waals surface area contributed by atoms with Crippen LogP contribution in [0, 0.1) is 5.92 Å². The van der Waals surface area contributed by atoms with Gasteiger partial charge in [-0.15, -0.1) is 0 Å². The summed E-state index contributed by atoms with van der Waals surface area (Å²) in [6.45, 7) is 3.13. The normalized spacial score (nSPS) is 29.6. The van der Waals surface area contributed by atoms with Crippen molar-refractivity contribution in [3.05, 3.63) is 0 Å². The Labute approximate surface area is 85.6 Å². The molecular weight excluding hydrogens is 176 g/mol. The maximum atomic E-state index is 11.7. The van der Waals surface area contributed by atoms with Crippen LogP contribution in [-0.2, 0) is 4.79 Å². The van der Waals surface area contributed by atoms with Crippen molar-refractivity contribution in [1.82, 2.24) is 10.6 Å². The summed E-state index contributed by atoms with van der Waals surface area (Å²) >= 11 is 0. The van der Waals surface area contributed by atoms with Crippen LogP contribution in [-0.4, -0.2) is 24.5 Å². The number of carbonyl (C=O) groups excluding carboxylic acids is 1. The van der Waals surface area contributed by atoms with E-state index in [2.05, 4.69) is 17.6 Å². The lowest BCUT2D eigenvalue weighted by Gasteiger charge is -2.32. The Morgan fingerprint density at radius 2 is 2.14 bits per heavy atom. The molecule has 1 aliphatic heterocycles. The molecule has 2 unspecified atom stereocenters. The van der Waals surface area contributed by atoms with Crippen LogP contribution >= 0.6 is 0 Å². The topological polar surface area (TPSA) is 41.1 Å². The summed E-state index contributed by atoms with van der Waals surface area (Å²) in [6, 6.07) is 0.455. The lowest BCUT2D eigenvalue weighted by atomic mass is 9.80. The van der Waals surface area contributed by atoms with E-state index in [-0.39, 0.29) is 11.9 Å². The van der Waals surface area contributed by atoms with Crippen LogP contribution in [0.25, 0.3) is 0 Å². The molecule has 1 saturated heterocycles. The smallest absolute Gasteiger partial charge is 0.237 e. The number of amides is 1. The Balaban J connectivity index is 1.75. The van der Waals surface area contributed by atoms with Gasteiger partial charge in [-0.2, -0.15) is 0 Å². The van der Waals surface area contributed by atoms with Gasteiger partial charge in [0.1, 0.15) is 0 Å². The molecule has 2 rings (SSSR count). The Bertz CT molecular complexity index is 207. The molecule has 1 saturated carbocycles. The quantitative estimate of drug-likeness (QED) is 0.708. The van der Waals surface area contributed by atoms with E-state index in [0.717, 1.165) is 25.3 Å². The van der Waals surface area contributed by atoms with Crippen molar-refractivity contribution in [2.45, 2.75) is 51.1 Å². The van der Waals surface area contributed by atoms with Gasteiger partial charge in [0.15, 0.2) is 0 Å². The summed E-state index contributed by atoms with van der Waals surface area (Å²) in [4.78, 5) is 11.7. The average Bonchev–Trinajstić information content (AvgIpc) is 2.51. The van der Waals surface area contributed by atoms with Crippen molar-refractivity contribution in [3.8, 4) is 0 Å². The van der Waals surface area contributed by atoms with E-state index >= 15 is 0 Å². The number of nitrogens with one attached hydrogen (secondary N) is 2. The number of rotatable bonds is 3. The summed E-state index contributed by atoms with van der Waals surface area (Å²) in [7, 11) is 0. The minimum atomic E-state index is 0.0810. The third-order valence-electron chi connectivity index (χ3n) is 3.60. The fourth-order valence-electron chi connectivity index (χ4n) is 2.29. The first-order valence-electron chi connectivity index (χ1n) is 5.81. The predicted octanol–water partition coefficient (Wildman–Crippen LogP) is 1.04. The summed E-state index contributed by atoms with van der Waals surface area (Å²) in [5, 5.41) is 6.35. The van der Waals surface area contributed by atoms with Crippen LogP contribution in [0.15, 0.2) is 0 Å². The molecule has 14 heavy (non-hydrogen) atoms. The lowest BCUT2D eigenvalue weighted by Crippen LogP contribution is -2.47. The molecule has 3 nitrogen and oxygen atoms in total. The number of hydrogen-bond donors (Lipinski definition) is 2. The highest BCUT2D eigenvalue weighted by atomic mass is 16.2. The van der Waals surface area contributed by atoms with Crippen LogP contribution < -0.4 is 10.6 Å².